The molecule has 1 fully saturated rings. The van der Waals surface area contributed by atoms with Crippen molar-refractivity contribution in [3.63, 3.8) is 0 Å². The van der Waals surface area contributed by atoms with Crippen molar-refractivity contribution in [1.29, 1.82) is 0 Å². The maximum absolute atomic E-state index is 9.95. The lowest BCUT2D eigenvalue weighted by atomic mass is 9.98. The topological polar surface area (TPSA) is 49.5 Å². The molecule has 0 spiro atoms. The zero-order valence-electron chi connectivity index (χ0n) is 10.9. The van der Waals surface area contributed by atoms with Gasteiger partial charge in [-0.2, -0.15) is 0 Å². The summed E-state index contributed by atoms with van der Waals surface area (Å²) in [7, 11) is 0. The monoisotopic (exact) mass is 228 g/mol. The molecule has 1 aliphatic heterocycles. The largest absolute Gasteiger partial charge is 0.391 e. The molecule has 1 heterocycles. The Morgan fingerprint density at radius 3 is 2.38 bits per heavy atom. The number of likely N-dealkylation sites (tertiary alicyclic amines) is 1. The highest BCUT2D eigenvalue weighted by atomic mass is 16.3. The minimum atomic E-state index is -0.329. The molecule has 0 aromatic carbocycles. The Balaban J connectivity index is 2.15. The lowest BCUT2D eigenvalue weighted by Gasteiger charge is -2.28. The second-order valence-electron chi connectivity index (χ2n) is 5.55. The summed E-state index contributed by atoms with van der Waals surface area (Å²) >= 11 is 0. The van der Waals surface area contributed by atoms with E-state index in [0.717, 1.165) is 19.4 Å². The van der Waals surface area contributed by atoms with E-state index in [1.165, 1.54) is 32.4 Å². The van der Waals surface area contributed by atoms with Gasteiger partial charge in [0.2, 0.25) is 0 Å². The predicted octanol–water partition coefficient (Wildman–Crippen LogP) is 1.60. The summed E-state index contributed by atoms with van der Waals surface area (Å²) in [5.74, 6) is 0.569. The van der Waals surface area contributed by atoms with Gasteiger partial charge in [-0.25, -0.2) is 0 Å². The molecule has 0 radical (unpaired) electrons. The second kappa shape index (κ2) is 7.25. The maximum atomic E-state index is 9.95. The smallest absolute Gasteiger partial charge is 0.0703 e. The average molecular weight is 228 g/mol. The average Bonchev–Trinajstić information content (AvgIpc) is 2.26. The molecule has 0 aromatic rings. The van der Waals surface area contributed by atoms with Crippen LogP contribution < -0.4 is 5.73 Å². The summed E-state index contributed by atoms with van der Waals surface area (Å²) in [6.45, 7) is 7.71. The highest BCUT2D eigenvalue weighted by Crippen LogP contribution is 2.12. The van der Waals surface area contributed by atoms with Gasteiger partial charge in [0.25, 0.3) is 0 Å². The fraction of sp³-hybridized carbons (Fsp3) is 1.00. The van der Waals surface area contributed by atoms with Gasteiger partial charge in [-0.1, -0.05) is 20.3 Å². The molecule has 3 N–H and O–H groups in total. The third-order valence-electron chi connectivity index (χ3n) is 3.43. The standard InChI is InChI=1S/C13H28N2O/c1-11(2)10-12(14)13(16)6-9-15-7-4-3-5-8-15/h11-13,16H,3-10,14H2,1-2H3. The Labute approximate surface area is 100 Å². The second-order valence-corrected chi connectivity index (χ2v) is 5.55. The van der Waals surface area contributed by atoms with Crippen LogP contribution in [0.25, 0.3) is 0 Å². The Kier molecular flexibility index (Phi) is 6.32. The van der Waals surface area contributed by atoms with E-state index >= 15 is 0 Å². The van der Waals surface area contributed by atoms with Gasteiger partial charge < -0.3 is 15.7 Å². The summed E-state index contributed by atoms with van der Waals surface area (Å²) in [5.41, 5.74) is 5.97. The Bertz CT molecular complexity index is 179. The molecule has 1 rings (SSSR count). The van der Waals surface area contributed by atoms with Gasteiger partial charge in [-0.15, -0.1) is 0 Å². The van der Waals surface area contributed by atoms with E-state index in [1.54, 1.807) is 0 Å². The van der Waals surface area contributed by atoms with Crippen LogP contribution in [0, 0.1) is 5.92 Å². The molecular formula is C13H28N2O. The van der Waals surface area contributed by atoms with Gasteiger partial charge in [0, 0.05) is 12.6 Å². The normalized spacial score (nSPS) is 22.3. The van der Waals surface area contributed by atoms with Crippen LogP contribution in [0.4, 0.5) is 0 Å². The molecule has 1 aliphatic rings. The number of nitrogens with two attached hydrogens (primary N) is 1. The highest BCUT2D eigenvalue weighted by molar-refractivity contribution is 4.75. The fourth-order valence-corrected chi connectivity index (χ4v) is 2.41. The van der Waals surface area contributed by atoms with Gasteiger partial charge in [0.1, 0.15) is 0 Å². The molecule has 0 aromatic heterocycles. The summed E-state index contributed by atoms with van der Waals surface area (Å²) in [6, 6.07) is -0.0511. The van der Waals surface area contributed by atoms with Crippen molar-refractivity contribution in [3.8, 4) is 0 Å². The van der Waals surface area contributed by atoms with Crippen LogP contribution in [-0.2, 0) is 0 Å². The zero-order valence-corrected chi connectivity index (χ0v) is 10.9. The van der Waals surface area contributed by atoms with Crippen molar-refractivity contribution in [2.45, 2.75) is 58.1 Å². The number of nitrogens with zero attached hydrogens (tertiary/aromatic N) is 1. The summed E-state index contributed by atoms with van der Waals surface area (Å²) in [6.07, 6.45) is 5.41. The molecule has 96 valence electrons. The van der Waals surface area contributed by atoms with Crippen molar-refractivity contribution in [3.05, 3.63) is 0 Å². The number of piperidine rings is 1. The quantitative estimate of drug-likeness (QED) is 0.726. The van der Waals surface area contributed by atoms with Crippen LogP contribution in [0.15, 0.2) is 0 Å². The van der Waals surface area contributed by atoms with E-state index in [2.05, 4.69) is 18.7 Å². The zero-order chi connectivity index (χ0) is 12.0. The van der Waals surface area contributed by atoms with E-state index in [4.69, 9.17) is 5.73 Å². The van der Waals surface area contributed by atoms with E-state index in [9.17, 15) is 5.11 Å². The van der Waals surface area contributed by atoms with Gasteiger partial charge >= 0.3 is 0 Å². The van der Waals surface area contributed by atoms with Gasteiger partial charge in [0.05, 0.1) is 6.10 Å². The highest BCUT2D eigenvalue weighted by Gasteiger charge is 2.18. The number of hydrogen-bond donors (Lipinski definition) is 2. The molecule has 16 heavy (non-hydrogen) atoms. The van der Waals surface area contributed by atoms with Crippen molar-refractivity contribution in [2.24, 2.45) is 11.7 Å². The van der Waals surface area contributed by atoms with Crippen molar-refractivity contribution >= 4 is 0 Å². The fourth-order valence-electron chi connectivity index (χ4n) is 2.41. The summed E-state index contributed by atoms with van der Waals surface area (Å²) in [4.78, 5) is 2.45. The Hall–Kier alpha value is -0.120. The van der Waals surface area contributed by atoms with E-state index < -0.39 is 0 Å². The first-order chi connectivity index (χ1) is 7.59. The molecule has 2 unspecified atom stereocenters. The Morgan fingerprint density at radius 1 is 1.19 bits per heavy atom. The van der Waals surface area contributed by atoms with Crippen LogP contribution in [0.5, 0.6) is 0 Å². The van der Waals surface area contributed by atoms with Crippen LogP contribution in [0.2, 0.25) is 0 Å². The molecule has 0 saturated carbocycles. The predicted molar refractivity (Wildman–Crippen MR) is 68.3 cm³/mol. The Morgan fingerprint density at radius 2 is 1.81 bits per heavy atom. The molecule has 0 amide bonds. The number of hydrogen-bond acceptors (Lipinski definition) is 3. The SMILES string of the molecule is CC(C)CC(N)C(O)CCN1CCCCC1. The van der Waals surface area contributed by atoms with E-state index in [-0.39, 0.29) is 12.1 Å². The molecule has 3 nitrogen and oxygen atoms in total. The molecule has 0 bridgehead atoms. The lowest BCUT2D eigenvalue weighted by molar-refractivity contribution is 0.103. The van der Waals surface area contributed by atoms with Gasteiger partial charge in [-0.3, -0.25) is 0 Å². The molecule has 3 heteroatoms. The first-order valence-corrected chi connectivity index (χ1v) is 6.75. The summed E-state index contributed by atoms with van der Waals surface area (Å²) < 4.78 is 0. The third kappa shape index (κ3) is 5.28. The van der Waals surface area contributed by atoms with Crippen molar-refractivity contribution in [1.82, 2.24) is 4.90 Å². The van der Waals surface area contributed by atoms with E-state index in [0.29, 0.717) is 5.92 Å². The summed E-state index contributed by atoms with van der Waals surface area (Å²) in [5, 5.41) is 9.95. The van der Waals surface area contributed by atoms with Crippen LogP contribution in [-0.4, -0.2) is 41.8 Å². The van der Waals surface area contributed by atoms with Crippen molar-refractivity contribution < 1.29 is 5.11 Å². The van der Waals surface area contributed by atoms with Crippen LogP contribution in [0.1, 0.15) is 46.0 Å². The van der Waals surface area contributed by atoms with Crippen LogP contribution in [0.3, 0.4) is 0 Å². The first kappa shape index (κ1) is 13.9. The molecule has 1 saturated heterocycles. The minimum Gasteiger partial charge on any atom is -0.391 e. The maximum Gasteiger partial charge on any atom is 0.0703 e. The number of aliphatic hydroxyl groups is 1. The lowest BCUT2D eigenvalue weighted by Crippen LogP contribution is -2.39. The van der Waals surface area contributed by atoms with E-state index in [1.807, 2.05) is 0 Å². The van der Waals surface area contributed by atoms with Crippen molar-refractivity contribution in [2.75, 3.05) is 19.6 Å². The number of aliphatic hydroxyl groups excluding tert-OH is 1. The first-order valence-electron chi connectivity index (χ1n) is 6.75. The molecular weight excluding hydrogens is 200 g/mol. The minimum absolute atomic E-state index is 0.0511. The van der Waals surface area contributed by atoms with Crippen LogP contribution >= 0.6 is 0 Å². The molecule has 0 aliphatic carbocycles. The number of rotatable bonds is 6. The van der Waals surface area contributed by atoms with Gasteiger partial charge in [-0.05, 0) is 44.7 Å². The third-order valence-corrected chi connectivity index (χ3v) is 3.43. The van der Waals surface area contributed by atoms with Gasteiger partial charge in [0.15, 0.2) is 0 Å². The molecule has 2 atom stereocenters.